The van der Waals surface area contributed by atoms with Gasteiger partial charge in [0.05, 0.1) is 9.79 Å². The minimum Gasteiger partial charge on any atom is -0.508 e. The summed E-state index contributed by atoms with van der Waals surface area (Å²) in [4.78, 5) is 0.297. The van der Waals surface area contributed by atoms with Crippen molar-refractivity contribution < 1.29 is 18.3 Å². The zero-order chi connectivity index (χ0) is 16.9. The summed E-state index contributed by atoms with van der Waals surface area (Å²) in [5.41, 5.74) is 0.520. The molecule has 0 radical (unpaired) electrons. The summed E-state index contributed by atoms with van der Waals surface area (Å²) in [5.74, 6) is 0.624. The second-order valence-corrected chi connectivity index (χ2v) is 6.81. The van der Waals surface area contributed by atoms with Gasteiger partial charge in [0, 0.05) is 0 Å². The van der Waals surface area contributed by atoms with E-state index >= 15 is 0 Å². The SMILES string of the molecule is C=CCOc1ccc(S(=O)(=O)c2ccc(O)c(CC=C)c2)cc1. The predicted molar refractivity (Wildman–Crippen MR) is 89.6 cm³/mol. The number of hydrogen-bond acceptors (Lipinski definition) is 4. The Morgan fingerprint density at radius 1 is 1.00 bits per heavy atom. The Hall–Kier alpha value is -2.53. The highest BCUT2D eigenvalue weighted by Crippen LogP contribution is 2.27. The Labute approximate surface area is 136 Å². The van der Waals surface area contributed by atoms with Gasteiger partial charge in [-0.15, -0.1) is 6.58 Å². The number of allylic oxidation sites excluding steroid dienone is 1. The van der Waals surface area contributed by atoms with Crippen molar-refractivity contribution in [1.82, 2.24) is 0 Å². The van der Waals surface area contributed by atoms with Crippen molar-refractivity contribution in [2.45, 2.75) is 16.2 Å². The van der Waals surface area contributed by atoms with Crippen LogP contribution in [0.25, 0.3) is 0 Å². The van der Waals surface area contributed by atoms with Crippen LogP contribution in [0.1, 0.15) is 5.56 Å². The lowest BCUT2D eigenvalue weighted by molar-refractivity contribution is 0.363. The monoisotopic (exact) mass is 330 g/mol. The molecule has 2 rings (SSSR count). The van der Waals surface area contributed by atoms with E-state index in [1.165, 1.54) is 30.3 Å². The van der Waals surface area contributed by atoms with Crippen molar-refractivity contribution >= 4 is 9.84 Å². The minimum absolute atomic E-state index is 0.0528. The predicted octanol–water partition coefficient (Wildman–Crippen LogP) is 3.52. The van der Waals surface area contributed by atoms with Crippen molar-refractivity contribution in [3.8, 4) is 11.5 Å². The fraction of sp³-hybridized carbons (Fsp3) is 0.111. The van der Waals surface area contributed by atoms with Crippen LogP contribution >= 0.6 is 0 Å². The second-order valence-electron chi connectivity index (χ2n) is 4.86. The summed E-state index contributed by atoms with van der Waals surface area (Å²) in [6.45, 7) is 7.51. The van der Waals surface area contributed by atoms with Crippen LogP contribution in [0, 0.1) is 0 Å². The average molecular weight is 330 g/mol. The molecule has 0 aliphatic heterocycles. The molecule has 0 aromatic heterocycles. The van der Waals surface area contributed by atoms with Gasteiger partial charge in [0.1, 0.15) is 18.1 Å². The number of aromatic hydroxyl groups is 1. The van der Waals surface area contributed by atoms with Crippen LogP contribution in [0.15, 0.2) is 77.6 Å². The first kappa shape index (κ1) is 16.8. The second kappa shape index (κ2) is 7.15. The van der Waals surface area contributed by atoms with Crippen molar-refractivity contribution in [3.63, 3.8) is 0 Å². The molecule has 0 aliphatic rings. The molecule has 23 heavy (non-hydrogen) atoms. The number of phenols is 1. The number of hydrogen-bond donors (Lipinski definition) is 1. The van der Waals surface area contributed by atoms with Crippen LogP contribution in [0.3, 0.4) is 0 Å². The highest BCUT2D eigenvalue weighted by atomic mass is 32.2. The largest absolute Gasteiger partial charge is 0.508 e. The Kier molecular flexibility index (Phi) is 5.24. The van der Waals surface area contributed by atoms with Crippen LogP contribution in [0.5, 0.6) is 11.5 Å². The van der Waals surface area contributed by atoms with E-state index in [4.69, 9.17) is 4.74 Å². The standard InChI is InChI=1S/C18H18O4S/c1-3-5-14-13-17(10-11-18(14)19)23(20,21)16-8-6-15(7-9-16)22-12-4-2/h3-4,6-11,13,19H,1-2,5,12H2. The molecule has 120 valence electrons. The van der Waals surface area contributed by atoms with E-state index in [1.54, 1.807) is 24.3 Å². The molecule has 2 aromatic carbocycles. The molecule has 0 aliphatic carbocycles. The zero-order valence-corrected chi connectivity index (χ0v) is 13.4. The average Bonchev–Trinajstić information content (AvgIpc) is 2.55. The van der Waals surface area contributed by atoms with Gasteiger partial charge in [-0.05, 0) is 54.4 Å². The van der Waals surface area contributed by atoms with Gasteiger partial charge in [-0.3, -0.25) is 0 Å². The van der Waals surface area contributed by atoms with Gasteiger partial charge in [0.2, 0.25) is 9.84 Å². The highest BCUT2D eigenvalue weighted by Gasteiger charge is 2.19. The van der Waals surface area contributed by atoms with E-state index in [-0.39, 0.29) is 15.5 Å². The third kappa shape index (κ3) is 3.81. The quantitative estimate of drug-likeness (QED) is 0.789. The molecule has 4 nitrogen and oxygen atoms in total. The first-order chi connectivity index (χ1) is 11.0. The minimum atomic E-state index is -3.65. The normalized spacial score (nSPS) is 11.0. The first-order valence-corrected chi connectivity index (χ1v) is 8.49. The van der Waals surface area contributed by atoms with Gasteiger partial charge >= 0.3 is 0 Å². The van der Waals surface area contributed by atoms with Gasteiger partial charge in [0.25, 0.3) is 0 Å². The molecule has 1 N–H and O–H groups in total. The number of ether oxygens (including phenoxy) is 1. The summed E-state index contributed by atoms with van der Waals surface area (Å²) < 4.78 is 30.7. The summed E-state index contributed by atoms with van der Waals surface area (Å²) in [6.07, 6.45) is 3.61. The number of rotatable bonds is 7. The van der Waals surface area contributed by atoms with Crippen molar-refractivity contribution in [2.75, 3.05) is 6.61 Å². The van der Waals surface area contributed by atoms with Crippen molar-refractivity contribution in [1.29, 1.82) is 0 Å². The van der Waals surface area contributed by atoms with E-state index in [2.05, 4.69) is 13.2 Å². The Morgan fingerprint density at radius 3 is 2.26 bits per heavy atom. The number of sulfone groups is 1. The molecular weight excluding hydrogens is 312 g/mol. The van der Waals surface area contributed by atoms with Gasteiger partial charge < -0.3 is 9.84 Å². The topological polar surface area (TPSA) is 63.6 Å². The van der Waals surface area contributed by atoms with Gasteiger partial charge in [-0.1, -0.05) is 18.7 Å². The highest BCUT2D eigenvalue weighted by molar-refractivity contribution is 7.91. The molecule has 0 heterocycles. The fourth-order valence-electron chi connectivity index (χ4n) is 2.05. The van der Waals surface area contributed by atoms with E-state index in [9.17, 15) is 13.5 Å². The van der Waals surface area contributed by atoms with E-state index in [0.717, 1.165) is 0 Å². The molecular formula is C18H18O4S. The smallest absolute Gasteiger partial charge is 0.206 e. The molecule has 2 aromatic rings. The molecule has 0 saturated heterocycles. The fourth-order valence-corrected chi connectivity index (χ4v) is 3.37. The summed E-state index contributed by atoms with van der Waals surface area (Å²) >= 11 is 0. The molecule has 0 spiro atoms. The zero-order valence-electron chi connectivity index (χ0n) is 12.6. The maximum absolute atomic E-state index is 12.7. The van der Waals surface area contributed by atoms with Gasteiger partial charge in [0.15, 0.2) is 0 Å². The maximum Gasteiger partial charge on any atom is 0.206 e. The van der Waals surface area contributed by atoms with Crippen LogP contribution < -0.4 is 4.74 Å². The third-order valence-corrected chi connectivity index (χ3v) is 4.99. The van der Waals surface area contributed by atoms with E-state index in [1.807, 2.05) is 0 Å². The van der Waals surface area contributed by atoms with Crippen LogP contribution in [0.2, 0.25) is 0 Å². The lowest BCUT2D eigenvalue weighted by Gasteiger charge is -2.09. The van der Waals surface area contributed by atoms with Crippen LogP contribution in [-0.4, -0.2) is 20.1 Å². The molecule has 0 bridgehead atoms. The van der Waals surface area contributed by atoms with Crippen LogP contribution in [-0.2, 0) is 16.3 Å². The molecule has 0 fully saturated rings. The summed E-state index contributed by atoms with van der Waals surface area (Å²) in [5, 5.41) is 9.75. The van der Waals surface area contributed by atoms with E-state index in [0.29, 0.717) is 24.3 Å². The number of phenolic OH excluding ortho intramolecular Hbond substituents is 1. The van der Waals surface area contributed by atoms with Crippen molar-refractivity contribution in [3.05, 3.63) is 73.3 Å². The lowest BCUT2D eigenvalue weighted by atomic mass is 10.1. The molecule has 5 heteroatoms. The van der Waals surface area contributed by atoms with Crippen LogP contribution in [0.4, 0.5) is 0 Å². The molecule has 0 amide bonds. The lowest BCUT2D eigenvalue weighted by Crippen LogP contribution is -2.03. The molecule has 0 unspecified atom stereocenters. The summed E-state index contributed by atoms with van der Waals surface area (Å²) in [7, 11) is -3.65. The molecule has 0 atom stereocenters. The Balaban J connectivity index is 2.36. The van der Waals surface area contributed by atoms with Crippen molar-refractivity contribution in [2.24, 2.45) is 0 Å². The van der Waals surface area contributed by atoms with Gasteiger partial charge in [-0.2, -0.15) is 0 Å². The summed E-state index contributed by atoms with van der Waals surface area (Å²) in [6, 6.07) is 10.4. The Morgan fingerprint density at radius 2 is 1.65 bits per heavy atom. The third-order valence-electron chi connectivity index (χ3n) is 3.23. The number of benzene rings is 2. The van der Waals surface area contributed by atoms with Gasteiger partial charge in [-0.25, -0.2) is 8.42 Å². The van der Waals surface area contributed by atoms with E-state index < -0.39 is 9.84 Å². The maximum atomic E-state index is 12.7. The Bertz CT molecular complexity index is 805. The molecule has 0 saturated carbocycles. The first-order valence-electron chi connectivity index (χ1n) is 7.00.